The van der Waals surface area contributed by atoms with Gasteiger partial charge < -0.3 is 10.1 Å². The number of rotatable bonds is 4. The maximum Gasteiger partial charge on any atom is 0.0810 e. The average molecular weight is 211 g/mol. The van der Waals surface area contributed by atoms with E-state index in [1.165, 1.54) is 51.4 Å². The highest BCUT2D eigenvalue weighted by Gasteiger charge is 2.39. The van der Waals surface area contributed by atoms with Crippen molar-refractivity contribution in [2.24, 2.45) is 0 Å². The predicted octanol–water partition coefficient (Wildman–Crippen LogP) is 2.87. The van der Waals surface area contributed by atoms with Crippen LogP contribution in [0.2, 0.25) is 0 Å². The quantitative estimate of drug-likeness (QED) is 0.722. The highest BCUT2D eigenvalue weighted by atomic mass is 16.5. The second kappa shape index (κ2) is 5.31. The molecule has 1 N–H and O–H groups in total. The fourth-order valence-corrected chi connectivity index (χ4v) is 2.99. The third-order valence-electron chi connectivity index (χ3n) is 3.88. The predicted molar refractivity (Wildman–Crippen MR) is 63.1 cm³/mol. The average Bonchev–Trinajstić information content (AvgIpc) is 2.67. The van der Waals surface area contributed by atoms with Crippen LogP contribution < -0.4 is 5.32 Å². The molecular weight excluding hydrogens is 186 g/mol. The van der Waals surface area contributed by atoms with Crippen LogP contribution in [0.1, 0.15) is 58.3 Å². The maximum atomic E-state index is 6.32. The zero-order valence-corrected chi connectivity index (χ0v) is 10.1. The summed E-state index contributed by atoms with van der Waals surface area (Å²) in [5.41, 5.74) is 0.231. The fourth-order valence-electron chi connectivity index (χ4n) is 2.99. The van der Waals surface area contributed by atoms with Gasteiger partial charge in [-0.3, -0.25) is 0 Å². The van der Waals surface area contributed by atoms with Crippen LogP contribution in [0.4, 0.5) is 0 Å². The summed E-state index contributed by atoms with van der Waals surface area (Å²) in [7, 11) is 0. The summed E-state index contributed by atoms with van der Waals surface area (Å²) in [5.74, 6) is 0. The van der Waals surface area contributed by atoms with Gasteiger partial charge in [0, 0.05) is 13.1 Å². The molecule has 0 aromatic carbocycles. The van der Waals surface area contributed by atoms with Gasteiger partial charge in [-0.2, -0.15) is 0 Å². The summed E-state index contributed by atoms with van der Waals surface area (Å²) in [6, 6.07) is 0. The fraction of sp³-hybridized carbons (Fsp3) is 1.00. The number of hydrogen-bond donors (Lipinski definition) is 1. The van der Waals surface area contributed by atoms with Gasteiger partial charge in [-0.15, -0.1) is 0 Å². The molecule has 2 nitrogen and oxygen atoms in total. The van der Waals surface area contributed by atoms with Gasteiger partial charge in [0.05, 0.1) is 11.7 Å². The summed E-state index contributed by atoms with van der Waals surface area (Å²) in [5, 5.41) is 3.57. The Labute approximate surface area is 93.8 Å². The maximum absolute atomic E-state index is 6.32. The Morgan fingerprint density at radius 3 is 2.80 bits per heavy atom. The van der Waals surface area contributed by atoms with Crippen molar-refractivity contribution in [1.29, 1.82) is 0 Å². The molecule has 1 unspecified atom stereocenters. The molecule has 2 fully saturated rings. The molecule has 0 bridgehead atoms. The van der Waals surface area contributed by atoms with E-state index in [1.54, 1.807) is 0 Å². The van der Waals surface area contributed by atoms with Gasteiger partial charge in [0.2, 0.25) is 0 Å². The number of hydrogen-bond acceptors (Lipinski definition) is 2. The van der Waals surface area contributed by atoms with Crippen LogP contribution in [0.15, 0.2) is 0 Å². The van der Waals surface area contributed by atoms with E-state index >= 15 is 0 Å². The Balaban J connectivity index is 1.76. The third kappa shape index (κ3) is 2.94. The summed E-state index contributed by atoms with van der Waals surface area (Å²) in [4.78, 5) is 0. The Kier molecular flexibility index (Phi) is 4.04. The van der Waals surface area contributed by atoms with E-state index in [1.807, 2.05) is 0 Å². The van der Waals surface area contributed by atoms with Crippen molar-refractivity contribution in [2.45, 2.75) is 70.0 Å². The lowest BCUT2D eigenvalue weighted by Crippen LogP contribution is -2.52. The first-order valence-electron chi connectivity index (χ1n) is 6.73. The molecule has 88 valence electrons. The lowest BCUT2D eigenvalue weighted by molar-refractivity contribution is -0.114. The molecule has 0 aromatic heterocycles. The van der Waals surface area contributed by atoms with Crippen molar-refractivity contribution in [2.75, 3.05) is 13.1 Å². The number of morpholine rings is 1. The Morgan fingerprint density at radius 1 is 1.27 bits per heavy atom. The second-order valence-electron chi connectivity index (χ2n) is 5.26. The molecule has 1 atom stereocenters. The van der Waals surface area contributed by atoms with Crippen LogP contribution in [0.25, 0.3) is 0 Å². The van der Waals surface area contributed by atoms with Crippen molar-refractivity contribution in [3.63, 3.8) is 0 Å². The first-order valence-corrected chi connectivity index (χ1v) is 6.73. The summed E-state index contributed by atoms with van der Waals surface area (Å²) >= 11 is 0. The molecule has 0 amide bonds. The molecule has 1 heterocycles. The minimum absolute atomic E-state index is 0.231. The van der Waals surface area contributed by atoms with Gasteiger partial charge in [0.1, 0.15) is 0 Å². The molecule has 0 radical (unpaired) electrons. The Morgan fingerprint density at radius 2 is 2.07 bits per heavy atom. The Bertz CT molecular complexity index is 187. The standard InChI is InChI=1S/C13H25NO/c1-2-3-4-7-12-10-14-11-13(15-12)8-5-6-9-13/h12,14H,2-11H2,1H3. The van der Waals surface area contributed by atoms with Gasteiger partial charge in [-0.25, -0.2) is 0 Å². The number of ether oxygens (including phenoxy) is 1. The van der Waals surface area contributed by atoms with Crippen LogP contribution in [0.3, 0.4) is 0 Å². The van der Waals surface area contributed by atoms with Crippen molar-refractivity contribution < 1.29 is 4.74 Å². The van der Waals surface area contributed by atoms with E-state index in [-0.39, 0.29) is 5.60 Å². The Hall–Kier alpha value is -0.0800. The second-order valence-corrected chi connectivity index (χ2v) is 5.26. The molecule has 1 saturated carbocycles. The van der Waals surface area contributed by atoms with Gasteiger partial charge in [0.15, 0.2) is 0 Å². The molecule has 15 heavy (non-hydrogen) atoms. The van der Waals surface area contributed by atoms with Crippen LogP contribution in [0, 0.1) is 0 Å². The molecular formula is C13H25NO. The van der Waals surface area contributed by atoms with Gasteiger partial charge in [-0.1, -0.05) is 39.0 Å². The number of nitrogens with one attached hydrogen (secondary N) is 1. The lowest BCUT2D eigenvalue weighted by atomic mass is 9.98. The molecule has 0 aromatic rings. The smallest absolute Gasteiger partial charge is 0.0810 e. The summed E-state index contributed by atoms with van der Waals surface area (Å²) < 4.78 is 6.32. The van der Waals surface area contributed by atoms with Crippen molar-refractivity contribution in [1.82, 2.24) is 5.32 Å². The highest BCUT2D eigenvalue weighted by molar-refractivity contribution is 4.92. The summed E-state index contributed by atoms with van der Waals surface area (Å²) in [6.07, 6.45) is 11.0. The van der Waals surface area contributed by atoms with Crippen molar-refractivity contribution in [3.8, 4) is 0 Å². The largest absolute Gasteiger partial charge is 0.369 e. The molecule has 1 saturated heterocycles. The highest BCUT2D eigenvalue weighted by Crippen LogP contribution is 2.35. The van der Waals surface area contributed by atoms with Crippen LogP contribution in [-0.2, 0) is 4.74 Å². The topological polar surface area (TPSA) is 21.3 Å². The molecule has 2 aliphatic rings. The number of unbranched alkanes of at least 4 members (excludes halogenated alkanes) is 2. The van der Waals surface area contributed by atoms with E-state index < -0.39 is 0 Å². The minimum atomic E-state index is 0.231. The third-order valence-corrected chi connectivity index (χ3v) is 3.88. The van der Waals surface area contributed by atoms with Gasteiger partial charge in [-0.05, 0) is 19.3 Å². The monoisotopic (exact) mass is 211 g/mol. The van der Waals surface area contributed by atoms with E-state index in [9.17, 15) is 0 Å². The lowest BCUT2D eigenvalue weighted by Gasteiger charge is -2.39. The van der Waals surface area contributed by atoms with Crippen LogP contribution in [-0.4, -0.2) is 24.8 Å². The van der Waals surface area contributed by atoms with E-state index in [0.717, 1.165) is 13.1 Å². The van der Waals surface area contributed by atoms with Crippen LogP contribution >= 0.6 is 0 Å². The van der Waals surface area contributed by atoms with Crippen LogP contribution in [0.5, 0.6) is 0 Å². The van der Waals surface area contributed by atoms with E-state index in [4.69, 9.17) is 4.74 Å². The zero-order valence-electron chi connectivity index (χ0n) is 10.1. The first kappa shape index (κ1) is 11.4. The SMILES string of the molecule is CCCCCC1CNCC2(CCCC2)O1. The van der Waals surface area contributed by atoms with Crippen molar-refractivity contribution >= 4 is 0 Å². The van der Waals surface area contributed by atoms with Gasteiger partial charge in [0.25, 0.3) is 0 Å². The minimum Gasteiger partial charge on any atom is -0.369 e. The van der Waals surface area contributed by atoms with Gasteiger partial charge >= 0.3 is 0 Å². The first-order chi connectivity index (χ1) is 7.35. The molecule has 1 aliphatic heterocycles. The zero-order chi connectivity index (χ0) is 10.6. The van der Waals surface area contributed by atoms with E-state index in [2.05, 4.69) is 12.2 Å². The normalized spacial score (nSPS) is 29.8. The summed E-state index contributed by atoms with van der Waals surface area (Å²) in [6.45, 7) is 4.43. The van der Waals surface area contributed by atoms with Crippen molar-refractivity contribution in [3.05, 3.63) is 0 Å². The molecule has 1 spiro atoms. The molecule has 2 heteroatoms. The molecule has 1 aliphatic carbocycles. The molecule has 2 rings (SSSR count). The van der Waals surface area contributed by atoms with E-state index in [0.29, 0.717) is 6.10 Å².